The van der Waals surface area contributed by atoms with Gasteiger partial charge in [-0.25, -0.2) is 0 Å². The standard InChI is InChI=1S/C18H31N3O3/c1-2-3-9-19-17(20-10-6-16-5-4-12-24-16)21-14-18(7-11-22)8-13-23-15-18/h4-5,12,22H,2-3,6-11,13-15H2,1H3,(H2,19,20,21). The number of aliphatic hydroxyl groups is 1. The zero-order chi connectivity index (χ0) is 17.1. The molecule has 0 aromatic carbocycles. The minimum absolute atomic E-state index is 0.0187. The number of ether oxygens (including phenoxy) is 1. The van der Waals surface area contributed by atoms with E-state index in [1.165, 1.54) is 0 Å². The Kier molecular flexibility index (Phi) is 8.12. The molecule has 1 aromatic heterocycles. The highest BCUT2D eigenvalue weighted by Gasteiger charge is 2.34. The lowest BCUT2D eigenvalue weighted by Crippen LogP contribution is -2.40. The molecule has 0 radical (unpaired) electrons. The molecule has 1 aliphatic rings. The summed E-state index contributed by atoms with van der Waals surface area (Å²) in [7, 11) is 0. The molecule has 1 saturated heterocycles. The highest BCUT2D eigenvalue weighted by atomic mass is 16.5. The molecule has 2 rings (SSSR count). The van der Waals surface area contributed by atoms with Crippen LogP contribution in [0.15, 0.2) is 27.8 Å². The topological polar surface area (TPSA) is 79.0 Å². The van der Waals surface area contributed by atoms with Gasteiger partial charge in [0.2, 0.25) is 0 Å². The van der Waals surface area contributed by atoms with E-state index in [0.29, 0.717) is 13.2 Å². The van der Waals surface area contributed by atoms with E-state index < -0.39 is 0 Å². The Morgan fingerprint density at radius 1 is 1.38 bits per heavy atom. The summed E-state index contributed by atoms with van der Waals surface area (Å²) >= 11 is 0. The van der Waals surface area contributed by atoms with Gasteiger partial charge in [0, 0.05) is 38.1 Å². The van der Waals surface area contributed by atoms with Crippen molar-refractivity contribution in [3.8, 4) is 0 Å². The van der Waals surface area contributed by atoms with Gasteiger partial charge in [-0.3, -0.25) is 4.99 Å². The van der Waals surface area contributed by atoms with Crippen molar-refractivity contribution in [1.82, 2.24) is 10.6 Å². The van der Waals surface area contributed by atoms with E-state index in [1.807, 2.05) is 12.1 Å². The highest BCUT2D eigenvalue weighted by molar-refractivity contribution is 5.79. The van der Waals surface area contributed by atoms with E-state index >= 15 is 0 Å². The first-order valence-electron chi connectivity index (χ1n) is 9.01. The Morgan fingerprint density at radius 3 is 2.92 bits per heavy atom. The molecule has 1 aromatic rings. The first-order valence-corrected chi connectivity index (χ1v) is 9.01. The minimum Gasteiger partial charge on any atom is -0.469 e. The van der Waals surface area contributed by atoms with Gasteiger partial charge in [0.25, 0.3) is 0 Å². The summed E-state index contributed by atoms with van der Waals surface area (Å²) in [5.41, 5.74) is -0.0187. The number of guanidine groups is 1. The Balaban J connectivity index is 1.87. The number of hydrogen-bond acceptors (Lipinski definition) is 4. The lowest BCUT2D eigenvalue weighted by molar-refractivity contribution is 0.131. The number of rotatable bonds is 10. The molecule has 1 aliphatic heterocycles. The summed E-state index contributed by atoms with van der Waals surface area (Å²) in [4.78, 5) is 4.76. The SMILES string of the molecule is CCCCNC(=NCC1(CCO)CCOC1)NCCc1ccco1. The van der Waals surface area contributed by atoms with E-state index in [4.69, 9.17) is 14.1 Å². The van der Waals surface area contributed by atoms with Crippen molar-refractivity contribution in [3.63, 3.8) is 0 Å². The van der Waals surface area contributed by atoms with Crippen LogP contribution in [0, 0.1) is 5.41 Å². The summed E-state index contributed by atoms with van der Waals surface area (Å²) in [6.45, 7) is 6.17. The van der Waals surface area contributed by atoms with Gasteiger partial charge in [-0.05, 0) is 31.4 Å². The van der Waals surface area contributed by atoms with Crippen molar-refractivity contribution < 1.29 is 14.3 Å². The molecular weight excluding hydrogens is 306 g/mol. The van der Waals surface area contributed by atoms with Gasteiger partial charge in [0.1, 0.15) is 5.76 Å². The molecule has 1 fully saturated rings. The average Bonchev–Trinajstić information content (AvgIpc) is 3.25. The fraction of sp³-hybridized carbons (Fsp3) is 0.722. The summed E-state index contributed by atoms with van der Waals surface area (Å²) in [6.07, 6.45) is 6.49. The minimum atomic E-state index is -0.0187. The smallest absolute Gasteiger partial charge is 0.191 e. The Labute approximate surface area is 144 Å². The molecule has 3 N–H and O–H groups in total. The zero-order valence-corrected chi connectivity index (χ0v) is 14.7. The monoisotopic (exact) mass is 337 g/mol. The average molecular weight is 337 g/mol. The van der Waals surface area contributed by atoms with Gasteiger partial charge >= 0.3 is 0 Å². The Hall–Kier alpha value is -1.53. The zero-order valence-electron chi connectivity index (χ0n) is 14.7. The molecule has 6 nitrogen and oxygen atoms in total. The maximum Gasteiger partial charge on any atom is 0.191 e. The molecule has 1 atom stereocenters. The van der Waals surface area contributed by atoms with Gasteiger partial charge in [0.05, 0.1) is 19.4 Å². The highest BCUT2D eigenvalue weighted by Crippen LogP contribution is 2.32. The van der Waals surface area contributed by atoms with Gasteiger partial charge in [-0.2, -0.15) is 0 Å². The molecule has 136 valence electrons. The predicted molar refractivity (Wildman–Crippen MR) is 95.2 cm³/mol. The lowest BCUT2D eigenvalue weighted by atomic mass is 9.84. The largest absolute Gasteiger partial charge is 0.469 e. The second kappa shape index (κ2) is 10.4. The molecule has 0 spiro atoms. The van der Waals surface area contributed by atoms with Crippen molar-refractivity contribution in [2.24, 2.45) is 10.4 Å². The first-order chi connectivity index (χ1) is 11.8. The summed E-state index contributed by atoms with van der Waals surface area (Å²) in [6, 6.07) is 3.89. The van der Waals surface area contributed by atoms with Crippen LogP contribution in [0.2, 0.25) is 0 Å². The molecule has 6 heteroatoms. The number of nitrogens with one attached hydrogen (secondary N) is 2. The number of nitrogens with zero attached hydrogens (tertiary/aromatic N) is 1. The number of furan rings is 1. The number of hydrogen-bond donors (Lipinski definition) is 3. The molecule has 2 heterocycles. The summed E-state index contributed by atoms with van der Waals surface area (Å²) < 4.78 is 10.9. The maximum atomic E-state index is 9.33. The Morgan fingerprint density at radius 2 is 2.25 bits per heavy atom. The van der Waals surface area contributed by atoms with E-state index in [1.54, 1.807) is 6.26 Å². The quantitative estimate of drug-likeness (QED) is 0.345. The molecule has 0 aliphatic carbocycles. The third-order valence-electron chi connectivity index (χ3n) is 4.47. The molecule has 1 unspecified atom stereocenters. The fourth-order valence-electron chi connectivity index (χ4n) is 2.85. The molecule has 0 saturated carbocycles. The third kappa shape index (κ3) is 6.17. The lowest BCUT2D eigenvalue weighted by Gasteiger charge is -2.25. The summed E-state index contributed by atoms with van der Waals surface area (Å²) in [5.74, 6) is 1.80. The number of unbranched alkanes of at least 4 members (excludes halogenated alkanes) is 1. The molecular formula is C18H31N3O3. The van der Waals surface area contributed by atoms with E-state index in [9.17, 15) is 5.11 Å². The van der Waals surface area contributed by atoms with Crippen LogP contribution in [0.3, 0.4) is 0 Å². The normalized spacial score (nSPS) is 21.2. The van der Waals surface area contributed by atoms with Crippen LogP contribution < -0.4 is 10.6 Å². The number of aliphatic hydroxyl groups excluding tert-OH is 1. The molecule has 0 amide bonds. The number of aliphatic imine (C=N–C) groups is 1. The van der Waals surface area contributed by atoms with Crippen molar-refractivity contribution in [3.05, 3.63) is 24.2 Å². The first kappa shape index (κ1) is 18.8. The molecule has 0 bridgehead atoms. The van der Waals surface area contributed by atoms with Gasteiger partial charge in [0.15, 0.2) is 5.96 Å². The maximum absolute atomic E-state index is 9.33. The third-order valence-corrected chi connectivity index (χ3v) is 4.47. The van der Waals surface area contributed by atoms with Crippen LogP contribution in [-0.2, 0) is 11.2 Å². The van der Waals surface area contributed by atoms with Crippen molar-refractivity contribution in [1.29, 1.82) is 0 Å². The van der Waals surface area contributed by atoms with Crippen LogP contribution in [0.4, 0.5) is 0 Å². The fourth-order valence-corrected chi connectivity index (χ4v) is 2.85. The molecule has 24 heavy (non-hydrogen) atoms. The second-order valence-corrected chi connectivity index (χ2v) is 6.48. The van der Waals surface area contributed by atoms with Crippen molar-refractivity contribution >= 4 is 5.96 Å². The van der Waals surface area contributed by atoms with E-state index in [0.717, 1.165) is 63.5 Å². The Bertz CT molecular complexity index is 468. The van der Waals surface area contributed by atoms with Crippen molar-refractivity contribution in [2.75, 3.05) is 39.5 Å². The van der Waals surface area contributed by atoms with E-state index in [-0.39, 0.29) is 12.0 Å². The van der Waals surface area contributed by atoms with Gasteiger partial charge in [-0.15, -0.1) is 0 Å². The predicted octanol–water partition coefficient (Wildman–Crippen LogP) is 1.95. The van der Waals surface area contributed by atoms with Crippen LogP contribution in [0.5, 0.6) is 0 Å². The van der Waals surface area contributed by atoms with Crippen LogP contribution in [0.1, 0.15) is 38.4 Å². The van der Waals surface area contributed by atoms with Gasteiger partial charge < -0.3 is 24.9 Å². The summed E-state index contributed by atoms with van der Waals surface area (Å²) in [5, 5.41) is 16.1. The van der Waals surface area contributed by atoms with Gasteiger partial charge in [-0.1, -0.05) is 13.3 Å². The van der Waals surface area contributed by atoms with Crippen LogP contribution in [0.25, 0.3) is 0 Å². The van der Waals surface area contributed by atoms with Crippen LogP contribution >= 0.6 is 0 Å². The van der Waals surface area contributed by atoms with E-state index in [2.05, 4.69) is 17.6 Å². The van der Waals surface area contributed by atoms with Crippen LogP contribution in [-0.4, -0.2) is 50.5 Å². The second-order valence-electron chi connectivity index (χ2n) is 6.48. The van der Waals surface area contributed by atoms with Crippen molar-refractivity contribution in [2.45, 2.75) is 39.0 Å².